The van der Waals surface area contributed by atoms with Crippen LogP contribution in [0.4, 0.5) is 5.69 Å². The first-order valence-electron chi connectivity index (χ1n) is 9.64. The summed E-state index contributed by atoms with van der Waals surface area (Å²) in [6.07, 6.45) is 3.53. The molecular weight excluding hydrogens is 426 g/mol. The van der Waals surface area contributed by atoms with Crippen LogP contribution in [0.3, 0.4) is 0 Å². The molecular formula is C21H22ClN3O2S2. The second-order valence-electron chi connectivity index (χ2n) is 7.84. The van der Waals surface area contributed by atoms with Gasteiger partial charge in [0, 0.05) is 25.0 Å². The van der Waals surface area contributed by atoms with Gasteiger partial charge in [0.25, 0.3) is 10.0 Å². The van der Waals surface area contributed by atoms with Crippen molar-refractivity contribution in [1.29, 1.82) is 0 Å². The molecule has 2 aromatic heterocycles. The fourth-order valence-electron chi connectivity index (χ4n) is 4.55. The van der Waals surface area contributed by atoms with Crippen LogP contribution in [0.2, 0.25) is 4.34 Å². The number of halogens is 1. The van der Waals surface area contributed by atoms with E-state index in [1.165, 1.54) is 22.5 Å². The first-order chi connectivity index (χ1) is 13.8. The first kappa shape index (κ1) is 19.2. The van der Waals surface area contributed by atoms with Gasteiger partial charge in [-0.3, -0.25) is 0 Å². The van der Waals surface area contributed by atoms with Gasteiger partial charge in [-0.2, -0.15) is 4.31 Å². The topological polar surface area (TPSA) is 54.3 Å². The van der Waals surface area contributed by atoms with E-state index in [1.807, 2.05) is 0 Å². The molecule has 4 heterocycles. The molecule has 0 atom stereocenters. The molecule has 152 valence electrons. The summed E-state index contributed by atoms with van der Waals surface area (Å²) in [5, 5.41) is 3.78. The van der Waals surface area contributed by atoms with Crippen molar-refractivity contribution in [3.05, 3.63) is 63.8 Å². The quantitative estimate of drug-likeness (QED) is 0.607. The van der Waals surface area contributed by atoms with Crippen LogP contribution in [0.5, 0.6) is 0 Å². The molecule has 0 unspecified atom stereocenters. The van der Waals surface area contributed by atoms with Gasteiger partial charge in [0.05, 0.1) is 21.3 Å². The zero-order valence-corrected chi connectivity index (χ0v) is 18.7. The van der Waals surface area contributed by atoms with Crippen molar-refractivity contribution < 1.29 is 8.42 Å². The smallest absolute Gasteiger partial charge is 0.252 e. The van der Waals surface area contributed by atoms with Gasteiger partial charge in [-0.05, 0) is 68.1 Å². The molecule has 0 saturated carbocycles. The number of nitrogens with zero attached hydrogens (tertiary/aromatic N) is 2. The number of benzene rings is 1. The molecule has 0 radical (unpaired) electrons. The van der Waals surface area contributed by atoms with Crippen LogP contribution >= 0.6 is 22.9 Å². The van der Waals surface area contributed by atoms with Crippen molar-refractivity contribution in [3.8, 4) is 5.69 Å². The van der Waals surface area contributed by atoms with Gasteiger partial charge in [-0.25, -0.2) is 8.42 Å². The van der Waals surface area contributed by atoms with Gasteiger partial charge in [-0.1, -0.05) is 17.7 Å². The van der Waals surface area contributed by atoms with Gasteiger partial charge in [-0.15, -0.1) is 11.3 Å². The number of hydrogen-bond acceptors (Lipinski definition) is 4. The van der Waals surface area contributed by atoms with E-state index in [4.69, 9.17) is 11.6 Å². The Labute approximate surface area is 180 Å². The molecule has 8 heteroatoms. The number of nitrogens with one attached hydrogen (secondary N) is 1. The molecule has 1 saturated heterocycles. The normalized spacial score (nSPS) is 18.3. The van der Waals surface area contributed by atoms with Crippen LogP contribution in [-0.2, 0) is 15.6 Å². The van der Waals surface area contributed by atoms with Crippen LogP contribution in [0.25, 0.3) is 5.69 Å². The fourth-order valence-corrected chi connectivity index (χ4v) is 7.63. The number of aryl methyl sites for hydroxylation is 1. The summed E-state index contributed by atoms with van der Waals surface area (Å²) in [7, 11) is -3.50. The summed E-state index contributed by atoms with van der Waals surface area (Å²) in [5.74, 6) is 0. The Balaban J connectivity index is 1.48. The maximum Gasteiger partial charge on any atom is 0.252 e. The van der Waals surface area contributed by atoms with E-state index in [-0.39, 0.29) is 5.54 Å². The molecule has 0 amide bonds. The lowest BCUT2D eigenvalue weighted by Crippen LogP contribution is -2.51. The van der Waals surface area contributed by atoms with Crippen molar-refractivity contribution in [3.63, 3.8) is 0 Å². The predicted molar refractivity (Wildman–Crippen MR) is 118 cm³/mol. The van der Waals surface area contributed by atoms with E-state index in [2.05, 4.69) is 54.2 Å². The van der Waals surface area contributed by atoms with Crippen LogP contribution in [0, 0.1) is 13.8 Å². The lowest BCUT2D eigenvalue weighted by molar-refractivity contribution is 0.248. The number of hydrogen-bond donors (Lipinski definition) is 1. The van der Waals surface area contributed by atoms with Gasteiger partial charge in [0.2, 0.25) is 0 Å². The van der Waals surface area contributed by atoms with Gasteiger partial charge in [0.1, 0.15) is 4.21 Å². The second-order valence-corrected chi connectivity index (χ2v) is 11.7. The molecule has 0 bridgehead atoms. The van der Waals surface area contributed by atoms with E-state index in [0.717, 1.165) is 17.0 Å². The summed E-state index contributed by atoms with van der Waals surface area (Å²) in [6, 6.07) is 11.7. The van der Waals surface area contributed by atoms with Crippen LogP contribution in [-0.4, -0.2) is 30.4 Å². The SMILES string of the molecule is Cc1ccc2c(c1C)-n1cccc1C1(CCN(S(=O)(=O)c3ccc(Cl)s3)CC1)N2. The summed E-state index contributed by atoms with van der Waals surface area (Å²) in [5.41, 5.74) is 5.76. The highest BCUT2D eigenvalue weighted by Gasteiger charge is 2.44. The van der Waals surface area contributed by atoms with Gasteiger partial charge < -0.3 is 9.88 Å². The minimum atomic E-state index is -3.50. The van der Waals surface area contributed by atoms with Crippen molar-refractivity contribution in [2.75, 3.05) is 18.4 Å². The summed E-state index contributed by atoms with van der Waals surface area (Å²) < 4.78 is 30.7. The van der Waals surface area contributed by atoms with Crippen LogP contribution in [0.1, 0.15) is 29.7 Å². The third-order valence-electron chi connectivity index (χ3n) is 6.27. The molecule has 2 aliphatic heterocycles. The molecule has 5 rings (SSSR count). The average molecular weight is 448 g/mol. The molecule has 2 aliphatic rings. The molecule has 1 aromatic carbocycles. The van der Waals surface area contributed by atoms with Crippen molar-refractivity contribution in [1.82, 2.24) is 8.87 Å². The van der Waals surface area contributed by atoms with Crippen LogP contribution < -0.4 is 5.32 Å². The number of piperidine rings is 1. The third kappa shape index (κ3) is 2.86. The molecule has 1 spiro atoms. The molecule has 5 nitrogen and oxygen atoms in total. The Kier molecular flexibility index (Phi) is 4.37. The standard InChI is InChI=1S/C21H22ClN3O2S2/c1-14-5-6-16-20(15(14)2)25-11-3-4-17(25)21(23-16)9-12-24(13-10-21)29(26,27)19-8-7-18(22)28-19/h3-8,11,23H,9-10,12-13H2,1-2H3. The number of sulfonamides is 1. The Bertz CT molecular complexity index is 1200. The molecule has 29 heavy (non-hydrogen) atoms. The zero-order valence-electron chi connectivity index (χ0n) is 16.3. The first-order valence-corrected chi connectivity index (χ1v) is 12.3. The lowest BCUT2D eigenvalue weighted by atomic mass is 9.82. The maximum atomic E-state index is 13.0. The predicted octanol–water partition coefficient (Wildman–Crippen LogP) is 4.91. The molecule has 1 fully saturated rings. The number of thiophene rings is 1. The van der Waals surface area contributed by atoms with E-state index in [0.29, 0.717) is 34.5 Å². The molecule has 3 aromatic rings. The van der Waals surface area contributed by atoms with Gasteiger partial charge >= 0.3 is 0 Å². The fraction of sp³-hybridized carbons (Fsp3) is 0.333. The van der Waals surface area contributed by atoms with Crippen molar-refractivity contribution >= 4 is 38.6 Å². The largest absolute Gasteiger partial charge is 0.372 e. The van der Waals surface area contributed by atoms with E-state index in [9.17, 15) is 8.42 Å². The number of anilines is 1. The number of rotatable bonds is 2. The highest BCUT2D eigenvalue weighted by Crippen LogP contribution is 2.45. The summed E-state index contributed by atoms with van der Waals surface area (Å²) >= 11 is 7.08. The Morgan fingerprint density at radius 1 is 1.10 bits per heavy atom. The Morgan fingerprint density at radius 3 is 2.55 bits per heavy atom. The second kappa shape index (κ2) is 6.60. The Hall–Kier alpha value is -1.80. The zero-order chi connectivity index (χ0) is 20.4. The van der Waals surface area contributed by atoms with Crippen molar-refractivity contribution in [2.45, 2.75) is 36.4 Å². The molecule has 1 N–H and O–H groups in total. The number of fused-ring (bicyclic) bond motifs is 4. The highest BCUT2D eigenvalue weighted by molar-refractivity contribution is 7.91. The van der Waals surface area contributed by atoms with Crippen LogP contribution in [0.15, 0.2) is 46.8 Å². The third-order valence-corrected chi connectivity index (χ3v) is 9.87. The van der Waals surface area contributed by atoms with Crippen molar-refractivity contribution in [2.24, 2.45) is 0 Å². The van der Waals surface area contributed by atoms with E-state index < -0.39 is 10.0 Å². The molecule has 0 aliphatic carbocycles. The lowest BCUT2D eigenvalue weighted by Gasteiger charge is -2.46. The van der Waals surface area contributed by atoms with E-state index in [1.54, 1.807) is 16.4 Å². The minimum Gasteiger partial charge on any atom is -0.372 e. The van der Waals surface area contributed by atoms with Gasteiger partial charge in [0.15, 0.2) is 0 Å². The minimum absolute atomic E-state index is 0.267. The average Bonchev–Trinajstić information content (AvgIpc) is 3.35. The Morgan fingerprint density at radius 2 is 1.86 bits per heavy atom. The number of aromatic nitrogens is 1. The monoisotopic (exact) mass is 447 g/mol. The summed E-state index contributed by atoms with van der Waals surface area (Å²) in [6.45, 7) is 5.22. The van der Waals surface area contributed by atoms with E-state index >= 15 is 0 Å². The summed E-state index contributed by atoms with van der Waals surface area (Å²) in [4.78, 5) is 0. The maximum absolute atomic E-state index is 13.0. The highest BCUT2D eigenvalue weighted by atomic mass is 35.5.